The Morgan fingerprint density at radius 2 is 2.18 bits per heavy atom. The van der Waals surface area contributed by atoms with Crippen molar-refractivity contribution in [3.05, 3.63) is 0 Å². The molecular formula is C13H26N2O2. The van der Waals surface area contributed by atoms with Crippen LogP contribution in [-0.2, 0) is 9.53 Å². The maximum absolute atomic E-state index is 11.2. The summed E-state index contributed by atoms with van der Waals surface area (Å²) in [5.41, 5.74) is 5.35. The minimum atomic E-state index is -0.262. The Bertz CT molecular complexity index is 229. The monoisotopic (exact) mass is 242 g/mol. The van der Waals surface area contributed by atoms with Crippen molar-refractivity contribution in [2.75, 3.05) is 13.2 Å². The van der Waals surface area contributed by atoms with Crippen molar-refractivity contribution in [1.82, 2.24) is 5.32 Å². The molecule has 0 radical (unpaired) electrons. The average Bonchev–Trinajstić information content (AvgIpc) is 3.06. The minimum Gasteiger partial charge on any atom is -0.381 e. The van der Waals surface area contributed by atoms with Crippen LogP contribution in [0.1, 0.15) is 46.0 Å². The summed E-state index contributed by atoms with van der Waals surface area (Å²) in [5, 5.41) is 3.25. The molecule has 0 aromatic rings. The van der Waals surface area contributed by atoms with Gasteiger partial charge in [-0.3, -0.25) is 4.79 Å². The average molecular weight is 242 g/mol. The lowest BCUT2D eigenvalue weighted by molar-refractivity contribution is -0.120. The zero-order chi connectivity index (χ0) is 12.7. The molecular weight excluding hydrogens is 216 g/mol. The Morgan fingerprint density at radius 3 is 2.71 bits per heavy atom. The Labute approximate surface area is 104 Å². The zero-order valence-corrected chi connectivity index (χ0v) is 11.1. The Balaban J connectivity index is 2.07. The van der Waals surface area contributed by atoms with Gasteiger partial charge < -0.3 is 15.8 Å². The van der Waals surface area contributed by atoms with E-state index in [-0.39, 0.29) is 11.9 Å². The molecule has 1 aliphatic carbocycles. The molecule has 1 amide bonds. The molecule has 1 saturated carbocycles. The van der Waals surface area contributed by atoms with Gasteiger partial charge in [-0.05, 0) is 31.6 Å². The summed E-state index contributed by atoms with van der Waals surface area (Å²) in [4.78, 5) is 11.2. The van der Waals surface area contributed by atoms with E-state index in [4.69, 9.17) is 10.5 Å². The summed E-state index contributed by atoms with van der Waals surface area (Å²) >= 11 is 0. The second-order valence-corrected chi connectivity index (χ2v) is 5.15. The molecule has 2 unspecified atom stereocenters. The zero-order valence-electron chi connectivity index (χ0n) is 11.1. The van der Waals surface area contributed by atoms with Gasteiger partial charge in [0, 0.05) is 19.3 Å². The van der Waals surface area contributed by atoms with Crippen LogP contribution in [0.25, 0.3) is 0 Å². The van der Waals surface area contributed by atoms with E-state index < -0.39 is 0 Å². The summed E-state index contributed by atoms with van der Waals surface area (Å²) in [6, 6.07) is 0.287. The van der Waals surface area contributed by atoms with Crippen molar-refractivity contribution in [2.45, 2.75) is 58.0 Å². The van der Waals surface area contributed by atoms with Crippen molar-refractivity contribution < 1.29 is 9.53 Å². The van der Waals surface area contributed by atoms with E-state index >= 15 is 0 Å². The van der Waals surface area contributed by atoms with E-state index in [0.29, 0.717) is 25.0 Å². The molecule has 4 heteroatoms. The van der Waals surface area contributed by atoms with Crippen LogP contribution in [0.2, 0.25) is 0 Å². The Kier molecular flexibility index (Phi) is 6.52. The largest absolute Gasteiger partial charge is 0.381 e. The minimum absolute atomic E-state index is 0.219. The molecule has 0 spiro atoms. The summed E-state index contributed by atoms with van der Waals surface area (Å²) in [6.07, 6.45) is 5.40. The molecule has 1 fully saturated rings. The Morgan fingerprint density at radius 1 is 1.47 bits per heavy atom. The molecule has 0 aromatic carbocycles. The maximum Gasteiger partial charge on any atom is 0.234 e. The summed E-state index contributed by atoms with van der Waals surface area (Å²) in [5.74, 6) is 0.338. The van der Waals surface area contributed by atoms with Crippen LogP contribution in [-0.4, -0.2) is 31.2 Å². The van der Waals surface area contributed by atoms with Crippen LogP contribution >= 0.6 is 0 Å². The number of amides is 1. The quantitative estimate of drug-likeness (QED) is 0.570. The first kappa shape index (κ1) is 14.5. The molecule has 0 aliphatic heterocycles. The normalized spacial score (nSPS) is 18.9. The lowest BCUT2D eigenvalue weighted by atomic mass is 10.1. The van der Waals surface area contributed by atoms with E-state index in [1.54, 1.807) is 0 Å². The third-order valence-electron chi connectivity index (χ3n) is 3.09. The highest BCUT2D eigenvalue weighted by Crippen LogP contribution is 2.19. The van der Waals surface area contributed by atoms with Crippen molar-refractivity contribution >= 4 is 5.91 Å². The lowest BCUT2D eigenvalue weighted by Gasteiger charge is -2.16. The second-order valence-electron chi connectivity index (χ2n) is 5.15. The number of hydrogen-bond acceptors (Lipinski definition) is 3. The van der Waals surface area contributed by atoms with E-state index in [1.165, 1.54) is 12.8 Å². The van der Waals surface area contributed by atoms with Crippen LogP contribution in [0.5, 0.6) is 0 Å². The predicted octanol–water partition coefficient (Wildman–Crippen LogP) is 1.44. The lowest BCUT2D eigenvalue weighted by Crippen LogP contribution is -2.43. The number of primary amides is 1. The SMILES string of the molecule is CCCC(C)COCCC(NC1CC1)C(N)=O. The van der Waals surface area contributed by atoms with Gasteiger partial charge in [0.05, 0.1) is 6.04 Å². The fourth-order valence-corrected chi connectivity index (χ4v) is 1.90. The number of nitrogens with one attached hydrogen (secondary N) is 1. The van der Waals surface area contributed by atoms with Gasteiger partial charge in [0.25, 0.3) is 0 Å². The third-order valence-corrected chi connectivity index (χ3v) is 3.09. The van der Waals surface area contributed by atoms with Gasteiger partial charge >= 0.3 is 0 Å². The molecule has 4 nitrogen and oxygen atoms in total. The molecule has 0 saturated heterocycles. The summed E-state index contributed by atoms with van der Waals surface area (Å²) in [6.45, 7) is 5.76. The van der Waals surface area contributed by atoms with Gasteiger partial charge in [-0.2, -0.15) is 0 Å². The number of rotatable bonds is 10. The van der Waals surface area contributed by atoms with E-state index in [0.717, 1.165) is 19.4 Å². The molecule has 0 aromatic heterocycles. The fraction of sp³-hybridized carbons (Fsp3) is 0.923. The predicted molar refractivity (Wildman–Crippen MR) is 68.6 cm³/mol. The van der Waals surface area contributed by atoms with Crippen LogP contribution in [0, 0.1) is 5.92 Å². The van der Waals surface area contributed by atoms with Gasteiger partial charge in [-0.15, -0.1) is 0 Å². The molecule has 0 heterocycles. The Hall–Kier alpha value is -0.610. The number of ether oxygens (including phenoxy) is 1. The topological polar surface area (TPSA) is 64.3 Å². The summed E-state index contributed by atoms with van der Waals surface area (Å²) < 4.78 is 5.58. The van der Waals surface area contributed by atoms with Gasteiger partial charge in [-0.25, -0.2) is 0 Å². The number of carbonyl (C=O) groups is 1. The highest BCUT2D eigenvalue weighted by atomic mass is 16.5. The molecule has 1 rings (SSSR count). The summed E-state index contributed by atoms with van der Waals surface area (Å²) in [7, 11) is 0. The first-order valence-corrected chi connectivity index (χ1v) is 6.76. The third kappa shape index (κ3) is 6.64. The molecule has 2 atom stereocenters. The van der Waals surface area contributed by atoms with Crippen molar-refractivity contribution in [3.8, 4) is 0 Å². The van der Waals surface area contributed by atoms with Crippen molar-refractivity contribution in [2.24, 2.45) is 11.7 Å². The standard InChI is InChI=1S/C13H26N2O2/c1-3-4-10(2)9-17-8-7-12(13(14)16)15-11-5-6-11/h10-12,15H,3-9H2,1-2H3,(H2,14,16). The van der Waals surface area contributed by atoms with Crippen LogP contribution in [0.15, 0.2) is 0 Å². The smallest absolute Gasteiger partial charge is 0.234 e. The number of carbonyl (C=O) groups excluding carboxylic acids is 1. The molecule has 0 bridgehead atoms. The van der Waals surface area contributed by atoms with Crippen LogP contribution in [0.4, 0.5) is 0 Å². The van der Waals surface area contributed by atoms with Crippen LogP contribution in [0.3, 0.4) is 0 Å². The first-order valence-electron chi connectivity index (χ1n) is 6.76. The van der Waals surface area contributed by atoms with Crippen molar-refractivity contribution in [1.29, 1.82) is 0 Å². The molecule has 3 N–H and O–H groups in total. The van der Waals surface area contributed by atoms with Gasteiger partial charge in [0.2, 0.25) is 5.91 Å². The van der Waals surface area contributed by atoms with E-state index in [1.807, 2.05) is 0 Å². The van der Waals surface area contributed by atoms with Crippen LogP contribution < -0.4 is 11.1 Å². The van der Waals surface area contributed by atoms with Gasteiger partial charge in [0.15, 0.2) is 0 Å². The first-order chi connectivity index (χ1) is 8.13. The highest BCUT2D eigenvalue weighted by molar-refractivity contribution is 5.79. The molecule has 1 aliphatic rings. The second kappa shape index (κ2) is 7.67. The van der Waals surface area contributed by atoms with E-state index in [2.05, 4.69) is 19.2 Å². The number of nitrogens with two attached hydrogens (primary N) is 1. The highest BCUT2D eigenvalue weighted by Gasteiger charge is 2.26. The molecule has 17 heavy (non-hydrogen) atoms. The number of hydrogen-bond donors (Lipinski definition) is 2. The van der Waals surface area contributed by atoms with Crippen molar-refractivity contribution in [3.63, 3.8) is 0 Å². The maximum atomic E-state index is 11.2. The fourth-order valence-electron chi connectivity index (χ4n) is 1.90. The van der Waals surface area contributed by atoms with E-state index in [9.17, 15) is 4.79 Å². The molecule has 100 valence electrons. The van der Waals surface area contributed by atoms with Gasteiger partial charge in [-0.1, -0.05) is 20.3 Å². The van der Waals surface area contributed by atoms with Gasteiger partial charge in [0.1, 0.15) is 0 Å².